The molecule has 0 heterocycles. The van der Waals surface area contributed by atoms with Crippen LogP contribution >= 0.6 is 11.6 Å². The van der Waals surface area contributed by atoms with Gasteiger partial charge in [-0.3, -0.25) is 4.79 Å². The molecule has 0 unspecified atom stereocenters. The number of anilines is 1. The van der Waals surface area contributed by atoms with Crippen molar-refractivity contribution >= 4 is 23.2 Å². The molecule has 162 valence electrons. The molecule has 0 aliphatic heterocycles. The highest BCUT2D eigenvalue weighted by Crippen LogP contribution is 2.39. The van der Waals surface area contributed by atoms with Crippen LogP contribution in [0.15, 0.2) is 66.7 Å². The lowest BCUT2D eigenvalue weighted by atomic mass is 10.1. The predicted molar refractivity (Wildman–Crippen MR) is 102 cm³/mol. The highest BCUT2D eigenvalue weighted by Gasteiger charge is 2.37. The molecule has 0 radical (unpaired) electrons. The number of rotatable bonds is 4. The van der Waals surface area contributed by atoms with E-state index in [1.165, 1.54) is 48.5 Å². The van der Waals surface area contributed by atoms with Crippen LogP contribution in [0.4, 0.5) is 32.0 Å². The third-order valence-corrected chi connectivity index (χ3v) is 4.27. The van der Waals surface area contributed by atoms with Crippen LogP contribution in [0.25, 0.3) is 0 Å². The van der Waals surface area contributed by atoms with Gasteiger partial charge in [-0.15, -0.1) is 0 Å². The summed E-state index contributed by atoms with van der Waals surface area (Å²) in [5, 5.41) is 3.05. The molecular formula is C21H12ClF6NO2. The zero-order valence-electron chi connectivity index (χ0n) is 15.3. The molecule has 3 nitrogen and oxygen atoms in total. The van der Waals surface area contributed by atoms with Gasteiger partial charge < -0.3 is 10.1 Å². The molecule has 0 saturated heterocycles. The van der Waals surface area contributed by atoms with E-state index in [0.717, 1.165) is 0 Å². The first kappa shape index (κ1) is 22.5. The van der Waals surface area contributed by atoms with Crippen molar-refractivity contribution in [2.24, 2.45) is 0 Å². The van der Waals surface area contributed by atoms with Crippen molar-refractivity contribution in [1.82, 2.24) is 0 Å². The SMILES string of the molecule is O=C(Nc1ccc(Oc2cc(C(F)(F)F)cc(C(F)(F)F)c2)cc1)c1ccc(Cl)cc1. The van der Waals surface area contributed by atoms with Gasteiger partial charge in [-0.25, -0.2) is 0 Å². The van der Waals surface area contributed by atoms with Gasteiger partial charge in [0.1, 0.15) is 11.5 Å². The maximum Gasteiger partial charge on any atom is 0.416 e. The van der Waals surface area contributed by atoms with Crippen LogP contribution in [0.1, 0.15) is 21.5 Å². The average molecular weight is 460 g/mol. The minimum absolute atomic E-state index is 0.0161. The summed E-state index contributed by atoms with van der Waals surface area (Å²) in [6.07, 6.45) is -9.95. The van der Waals surface area contributed by atoms with Gasteiger partial charge in [-0.05, 0) is 66.7 Å². The fourth-order valence-corrected chi connectivity index (χ4v) is 2.66. The smallest absolute Gasteiger partial charge is 0.416 e. The van der Waals surface area contributed by atoms with Crippen LogP contribution < -0.4 is 10.1 Å². The summed E-state index contributed by atoms with van der Waals surface area (Å²) in [6.45, 7) is 0. The topological polar surface area (TPSA) is 38.3 Å². The minimum atomic E-state index is -4.98. The molecule has 0 atom stereocenters. The van der Waals surface area contributed by atoms with E-state index in [1.54, 1.807) is 0 Å². The summed E-state index contributed by atoms with van der Waals surface area (Å²) in [4.78, 5) is 12.2. The van der Waals surface area contributed by atoms with Crippen LogP contribution in [0, 0.1) is 0 Å². The first-order valence-electron chi connectivity index (χ1n) is 8.56. The van der Waals surface area contributed by atoms with E-state index in [4.69, 9.17) is 16.3 Å². The molecule has 0 fully saturated rings. The number of alkyl halides is 6. The number of benzene rings is 3. The van der Waals surface area contributed by atoms with E-state index >= 15 is 0 Å². The molecule has 0 spiro atoms. The Morgan fingerprint density at radius 1 is 0.742 bits per heavy atom. The second kappa shape index (κ2) is 8.50. The molecular weight excluding hydrogens is 448 g/mol. The van der Waals surface area contributed by atoms with Crippen LogP contribution in [-0.2, 0) is 12.4 Å². The molecule has 3 aromatic rings. The van der Waals surface area contributed by atoms with E-state index in [-0.39, 0.29) is 11.8 Å². The Morgan fingerprint density at radius 2 is 1.26 bits per heavy atom. The van der Waals surface area contributed by atoms with Crippen molar-refractivity contribution in [3.63, 3.8) is 0 Å². The molecule has 10 heteroatoms. The maximum atomic E-state index is 12.9. The van der Waals surface area contributed by atoms with Gasteiger partial charge in [-0.2, -0.15) is 26.3 Å². The molecule has 0 aliphatic carbocycles. The number of ether oxygens (including phenoxy) is 1. The molecule has 31 heavy (non-hydrogen) atoms. The largest absolute Gasteiger partial charge is 0.457 e. The Morgan fingerprint density at radius 3 is 1.74 bits per heavy atom. The first-order chi connectivity index (χ1) is 14.4. The number of amides is 1. The molecule has 3 aromatic carbocycles. The van der Waals surface area contributed by atoms with Crippen LogP contribution in [0.3, 0.4) is 0 Å². The second-order valence-corrected chi connectivity index (χ2v) is 6.77. The third-order valence-electron chi connectivity index (χ3n) is 4.02. The van der Waals surface area contributed by atoms with Gasteiger partial charge in [0, 0.05) is 16.3 Å². The predicted octanol–water partition coefficient (Wildman–Crippen LogP) is 7.42. The lowest BCUT2D eigenvalue weighted by Gasteiger charge is -2.15. The number of carbonyl (C=O) groups is 1. The molecule has 1 amide bonds. The lowest BCUT2D eigenvalue weighted by molar-refractivity contribution is -0.143. The Balaban J connectivity index is 1.77. The molecule has 0 bridgehead atoms. The van der Waals surface area contributed by atoms with Crippen molar-refractivity contribution in [3.8, 4) is 11.5 Å². The fraction of sp³-hybridized carbons (Fsp3) is 0.0952. The zero-order valence-corrected chi connectivity index (χ0v) is 16.1. The van der Waals surface area contributed by atoms with Crippen molar-refractivity contribution < 1.29 is 35.9 Å². The van der Waals surface area contributed by atoms with E-state index in [0.29, 0.717) is 28.4 Å². The Kier molecular flexibility index (Phi) is 6.17. The molecule has 0 saturated carbocycles. The minimum Gasteiger partial charge on any atom is -0.457 e. The van der Waals surface area contributed by atoms with Crippen molar-refractivity contribution in [2.45, 2.75) is 12.4 Å². The van der Waals surface area contributed by atoms with E-state index in [9.17, 15) is 31.1 Å². The van der Waals surface area contributed by atoms with Gasteiger partial charge in [0.25, 0.3) is 5.91 Å². The van der Waals surface area contributed by atoms with Gasteiger partial charge in [0.15, 0.2) is 0 Å². The summed E-state index contributed by atoms with van der Waals surface area (Å²) in [5.41, 5.74) is -2.28. The first-order valence-corrected chi connectivity index (χ1v) is 8.94. The van der Waals surface area contributed by atoms with Gasteiger partial charge in [0.05, 0.1) is 11.1 Å². The number of halogens is 7. The molecule has 3 rings (SSSR count). The lowest BCUT2D eigenvalue weighted by Crippen LogP contribution is -2.11. The van der Waals surface area contributed by atoms with E-state index < -0.39 is 35.1 Å². The summed E-state index contributed by atoms with van der Waals surface area (Å²) >= 11 is 5.76. The van der Waals surface area contributed by atoms with Crippen LogP contribution in [0.5, 0.6) is 11.5 Å². The van der Waals surface area contributed by atoms with Gasteiger partial charge in [0.2, 0.25) is 0 Å². The normalized spacial score (nSPS) is 11.8. The summed E-state index contributed by atoms with van der Waals surface area (Å²) in [7, 11) is 0. The van der Waals surface area contributed by atoms with Crippen LogP contribution in [-0.4, -0.2) is 5.91 Å². The average Bonchev–Trinajstić information content (AvgIpc) is 2.68. The van der Waals surface area contributed by atoms with Gasteiger partial charge in [-0.1, -0.05) is 11.6 Å². The highest BCUT2D eigenvalue weighted by atomic mass is 35.5. The Hall–Kier alpha value is -3.20. The summed E-state index contributed by atoms with van der Waals surface area (Å²) < 4.78 is 82.8. The van der Waals surface area contributed by atoms with Crippen molar-refractivity contribution in [1.29, 1.82) is 0 Å². The fourth-order valence-electron chi connectivity index (χ4n) is 2.53. The van der Waals surface area contributed by atoms with Gasteiger partial charge >= 0.3 is 12.4 Å². The quantitative estimate of drug-likeness (QED) is 0.412. The molecule has 1 N–H and O–H groups in total. The molecule has 0 aromatic heterocycles. The van der Waals surface area contributed by atoms with E-state index in [1.807, 2.05) is 0 Å². The number of carbonyl (C=O) groups excluding carboxylic acids is 1. The Labute approximate surface area is 177 Å². The summed E-state index contributed by atoms with van der Waals surface area (Å²) in [5.74, 6) is -1.07. The standard InChI is InChI=1S/C21H12ClF6NO2/c22-15-3-1-12(2-4-15)19(30)29-16-5-7-17(8-6-16)31-18-10-13(20(23,24)25)9-14(11-18)21(26,27)28/h1-11H,(H,29,30). The zero-order chi connectivity index (χ0) is 22.8. The maximum absolute atomic E-state index is 12.9. The Bertz CT molecular complexity index is 1040. The second-order valence-electron chi connectivity index (χ2n) is 6.33. The number of hydrogen-bond acceptors (Lipinski definition) is 2. The summed E-state index contributed by atoms with van der Waals surface area (Å²) in [6, 6.07) is 12.5. The monoisotopic (exact) mass is 459 g/mol. The van der Waals surface area contributed by atoms with Crippen LogP contribution in [0.2, 0.25) is 5.02 Å². The number of nitrogens with one attached hydrogen (secondary N) is 1. The van der Waals surface area contributed by atoms with Crippen molar-refractivity contribution in [3.05, 3.63) is 88.4 Å². The number of hydrogen-bond donors (Lipinski definition) is 1. The van der Waals surface area contributed by atoms with E-state index in [2.05, 4.69) is 5.32 Å². The highest BCUT2D eigenvalue weighted by molar-refractivity contribution is 6.30. The van der Waals surface area contributed by atoms with Crippen molar-refractivity contribution in [2.75, 3.05) is 5.32 Å². The third kappa shape index (κ3) is 5.91. The molecule has 0 aliphatic rings.